The Labute approximate surface area is 124 Å². The smallest absolute Gasteiger partial charge is 0.242 e. The quantitative estimate of drug-likeness (QED) is 0.760. The van der Waals surface area contributed by atoms with Crippen molar-refractivity contribution in [2.45, 2.75) is 44.4 Å². The van der Waals surface area contributed by atoms with Crippen molar-refractivity contribution in [2.24, 2.45) is 0 Å². The highest BCUT2D eigenvalue weighted by atomic mass is 32.2. The highest BCUT2D eigenvalue weighted by Crippen LogP contribution is 2.36. The van der Waals surface area contributed by atoms with Crippen LogP contribution in [0.5, 0.6) is 0 Å². The number of carbonyl (C=O) groups is 1. The summed E-state index contributed by atoms with van der Waals surface area (Å²) >= 11 is 6.94. The summed E-state index contributed by atoms with van der Waals surface area (Å²) in [6.45, 7) is 4.19. The molecule has 4 heteroatoms. The molecule has 1 aromatic carbocycles. The van der Waals surface area contributed by atoms with Gasteiger partial charge in [0.15, 0.2) is 0 Å². The molecule has 0 saturated carbocycles. The lowest BCUT2D eigenvalue weighted by molar-refractivity contribution is -0.127. The van der Waals surface area contributed by atoms with Crippen molar-refractivity contribution in [3.8, 4) is 0 Å². The van der Waals surface area contributed by atoms with Crippen LogP contribution in [0.25, 0.3) is 0 Å². The summed E-state index contributed by atoms with van der Waals surface area (Å²) in [4.78, 5) is 14.2. The first-order valence-corrected chi connectivity index (χ1v) is 8.02. The third-order valence-corrected chi connectivity index (χ3v) is 5.05. The molecule has 1 amide bonds. The lowest BCUT2D eigenvalue weighted by Gasteiger charge is -2.24. The van der Waals surface area contributed by atoms with Crippen molar-refractivity contribution in [1.29, 1.82) is 0 Å². The normalized spacial score (nSPS) is 20.9. The number of unbranched alkanes of at least 4 members (excludes halogenated alkanes) is 1. The van der Waals surface area contributed by atoms with Crippen LogP contribution < -0.4 is 0 Å². The highest BCUT2D eigenvalue weighted by molar-refractivity contribution is 8.24. The molecule has 2 atom stereocenters. The van der Waals surface area contributed by atoms with Gasteiger partial charge in [0.05, 0.1) is 11.3 Å². The molecular weight excluding hydrogens is 274 g/mol. The van der Waals surface area contributed by atoms with Gasteiger partial charge >= 0.3 is 0 Å². The Balaban J connectivity index is 2.12. The van der Waals surface area contributed by atoms with Gasteiger partial charge in [-0.05, 0) is 18.9 Å². The standard InChI is InChI=1S/C15H19NOS2/c1-3-4-10-13-14(17)16(15(18)19-13)11(2)12-8-6-5-7-9-12/h5-9,11,13H,3-4,10H2,1-2H3. The van der Waals surface area contributed by atoms with Gasteiger partial charge in [-0.1, -0.05) is 74.1 Å². The van der Waals surface area contributed by atoms with Crippen molar-refractivity contribution in [3.05, 3.63) is 35.9 Å². The summed E-state index contributed by atoms with van der Waals surface area (Å²) in [5.41, 5.74) is 1.13. The number of benzene rings is 1. The predicted octanol–water partition coefficient (Wildman–Crippen LogP) is 4.17. The minimum absolute atomic E-state index is 0.0265. The van der Waals surface area contributed by atoms with Crippen molar-refractivity contribution < 1.29 is 4.79 Å². The summed E-state index contributed by atoms with van der Waals surface area (Å²) in [6, 6.07) is 10.1. The van der Waals surface area contributed by atoms with Crippen molar-refractivity contribution in [1.82, 2.24) is 4.90 Å². The van der Waals surface area contributed by atoms with E-state index >= 15 is 0 Å². The predicted molar refractivity (Wildman–Crippen MR) is 85.2 cm³/mol. The molecule has 102 valence electrons. The zero-order chi connectivity index (χ0) is 13.8. The number of hydrogen-bond acceptors (Lipinski definition) is 3. The Hall–Kier alpha value is -0.870. The second kappa shape index (κ2) is 6.53. The fourth-order valence-electron chi connectivity index (χ4n) is 2.28. The molecule has 1 fully saturated rings. The third kappa shape index (κ3) is 3.18. The topological polar surface area (TPSA) is 20.3 Å². The fraction of sp³-hybridized carbons (Fsp3) is 0.467. The van der Waals surface area contributed by atoms with Gasteiger partial charge in [0.2, 0.25) is 5.91 Å². The summed E-state index contributed by atoms with van der Waals surface area (Å²) in [5.74, 6) is 0.180. The number of thiocarbonyl (C=S) groups is 1. The molecule has 1 saturated heterocycles. The number of rotatable bonds is 5. The molecule has 19 heavy (non-hydrogen) atoms. The van der Waals surface area contributed by atoms with Crippen LogP contribution >= 0.6 is 24.0 Å². The maximum atomic E-state index is 12.5. The summed E-state index contributed by atoms with van der Waals surface area (Å²) in [6.07, 6.45) is 3.13. The van der Waals surface area contributed by atoms with Crippen molar-refractivity contribution >= 4 is 34.2 Å². The van der Waals surface area contributed by atoms with E-state index in [1.54, 1.807) is 16.7 Å². The SMILES string of the molecule is CCCCC1SC(=S)N(C(C)c2ccccc2)C1=O. The van der Waals surface area contributed by atoms with E-state index in [0.29, 0.717) is 0 Å². The summed E-state index contributed by atoms with van der Waals surface area (Å²) in [7, 11) is 0. The Bertz CT molecular complexity index is 460. The van der Waals surface area contributed by atoms with Crippen LogP contribution in [0.3, 0.4) is 0 Å². The van der Waals surface area contributed by atoms with Crippen LogP contribution in [0.1, 0.15) is 44.7 Å². The van der Waals surface area contributed by atoms with Crippen LogP contribution in [0, 0.1) is 0 Å². The number of carbonyl (C=O) groups excluding carboxylic acids is 1. The number of amides is 1. The first kappa shape index (κ1) is 14.5. The molecule has 1 heterocycles. The summed E-state index contributed by atoms with van der Waals surface area (Å²) in [5, 5.41) is 0.0265. The van der Waals surface area contributed by atoms with Gasteiger partial charge in [-0.3, -0.25) is 9.69 Å². The van der Waals surface area contributed by atoms with Crippen molar-refractivity contribution in [2.75, 3.05) is 0 Å². The molecule has 0 radical (unpaired) electrons. The molecule has 0 spiro atoms. The van der Waals surface area contributed by atoms with Crippen LogP contribution in [0.4, 0.5) is 0 Å². The van der Waals surface area contributed by atoms with E-state index in [1.807, 2.05) is 37.3 Å². The maximum Gasteiger partial charge on any atom is 0.242 e. The zero-order valence-electron chi connectivity index (χ0n) is 11.3. The molecule has 1 aliphatic heterocycles. The maximum absolute atomic E-state index is 12.5. The van der Waals surface area contributed by atoms with E-state index in [9.17, 15) is 4.79 Å². The van der Waals surface area contributed by atoms with Crippen molar-refractivity contribution in [3.63, 3.8) is 0 Å². The van der Waals surface area contributed by atoms with Gasteiger partial charge in [-0.2, -0.15) is 0 Å². The number of nitrogens with zero attached hydrogens (tertiary/aromatic N) is 1. The Morgan fingerprint density at radius 3 is 2.68 bits per heavy atom. The van der Waals surface area contributed by atoms with Gasteiger partial charge in [0.1, 0.15) is 4.32 Å². The first-order valence-electron chi connectivity index (χ1n) is 6.73. The average molecular weight is 293 g/mol. The largest absolute Gasteiger partial charge is 0.289 e. The van der Waals surface area contributed by atoms with Gasteiger partial charge in [0, 0.05) is 0 Å². The van der Waals surface area contributed by atoms with Crippen LogP contribution in [0.2, 0.25) is 0 Å². The Morgan fingerprint density at radius 2 is 2.05 bits per heavy atom. The average Bonchev–Trinajstić information content (AvgIpc) is 2.71. The molecule has 2 rings (SSSR count). The van der Waals surface area contributed by atoms with E-state index in [1.165, 1.54) is 0 Å². The number of thioether (sulfide) groups is 1. The first-order chi connectivity index (χ1) is 9.15. The van der Waals surface area contributed by atoms with E-state index in [0.717, 1.165) is 29.1 Å². The fourth-order valence-corrected chi connectivity index (χ4v) is 3.98. The number of hydrogen-bond donors (Lipinski definition) is 0. The molecule has 2 nitrogen and oxygen atoms in total. The second-order valence-corrected chi connectivity index (χ2v) is 6.65. The minimum Gasteiger partial charge on any atom is -0.289 e. The molecule has 1 aliphatic rings. The Morgan fingerprint density at radius 1 is 1.37 bits per heavy atom. The minimum atomic E-state index is 0.0265. The highest BCUT2D eigenvalue weighted by Gasteiger charge is 2.39. The van der Waals surface area contributed by atoms with E-state index in [2.05, 4.69) is 6.92 Å². The molecule has 0 aliphatic carbocycles. The molecule has 1 aromatic rings. The Kier molecular flexibility index (Phi) is 4.99. The molecular formula is C15H19NOS2. The van der Waals surface area contributed by atoms with Crippen LogP contribution in [-0.4, -0.2) is 20.4 Å². The zero-order valence-corrected chi connectivity index (χ0v) is 13.0. The third-order valence-electron chi connectivity index (χ3n) is 3.44. The summed E-state index contributed by atoms with van der Waals surface area (Å²) < 4.78 is 0.724. The molecule has 0 N–H and O–H groups in total. The van der Waals surface area contributed by atoms with E-state index in [-0.39, 0.29) is 17.2 Å². The van der Waals surface area contributed by atoms with E-state index < -0.39 is 0 Å². The lowest BCUT2D eigenvalue weighted by atomic mass is 10.1. The molecule has 0 bridgehead atoms. The van der Waals surface area contributed by atoms with Crippen LogP contribution in [-0.2, 0) is 4.79 Å². The lowest BCUT2D eigenvalue weighted by Crippen LogP contribution is -2.33. The van der Waals surface area contributed by atoms with E-state index in [4.69, 9.17) is 12.2 Å². The van der Waals surface area contributed by atoms with Gasteiger partial charge in [-0.25, -0.2) is 0 Å². The molecule has 0 aromatic heterocycles. The van der Waals surface area contributed by atoms with Gasteiger partial charge in [-0.15, -0.1) is 0 Å². The molecule has 2 unspecified atom stereocenters. The monoisotopic (exact) mass is 293 g/mol. The second-order valence-electron chi connectivity index (χ2n) is 4.81. The van der Waals surface area contributed by atoms with Gasteiger partial charge in [0.25, 0.3) is 0 Å². The van der Waals surface area contributed by atoms with Crippen LogP contribution in [0.15, 0.2) is 30.3 Å². The van der Waals surface area contributed by atoms with Gasteiger partial charge < -0.3 is 0 Å².